The van der Waals surface area contributed by atoms with Crippen molar-refractivity contribution >= 4 is 11.4 Å². The van der Waals surface area contributed by atoms with Crippen LogP contribution in [0, 0.1) is 0 Å². The van der Waals surface area contributed by atoms with Crippen LogP contribution < -0.4 is 5.32 Å². The zero-order valence-electron chi connectivity index (χ0n) is 17.3. The maximum Gasteiger partial charge on any atom is 0.0454 e. The summed E-state index contributed by atoms with van der Waals surface area (Å²) in [4.78, 5) is 0. The summed E-state index contributed by atoms with van der Waals surface area (Å²) in [7, 11) is 0. The average Bonchev–Trinajstić information content (AvgIpc) is 2.54. The van der Waals surface area contributed by atoms with E-state index in [-0.39, 0.29) is 0 Å². The predicted octanol–water partition coefficient (Wildman–Crippen LogP) is 7.92. The van der Waals surface area contributed by atoms with Gasteiger partial charge in [-0.05, 0) is 45.9 Å². The summed E-state index contributed by atoms with van der Waals surface area (Å²) in [6.45, 7) is 18.2. The fourth-order valence-electron chi connectivity index (χ4n) is 3.52. The first-order valence-corrected chi connectivity index (χ1v) is 9.76. The van der Waals surface area contributed by atoms with Gasteiger partial charge in [-0.25, -0.2) is 0 Å². The lowest BCUT2D eigenvalue weighted by molar-refractivity contribution is 0.827. The largest absolute Gasteiger partial charge is 0.355 e. The van der Waals surface area contributed by atoms with E-state index in [0.29, 0.717) is 23.7 Å². The van der Waals surface area contributed by atoms with Crippen LogP contribution in [0.5, 0.6) is 0 Å². The van der Waals surface area contributed by atoms with Gasteiger partial charge in [0, 0.05) is 11.4 Å². The van der Waals surface area contributed by atoms with Crippen LogP contribution in [-0.4, -0.2) is 0 Å². The summed E-state index contributed by atoms with van der Waals surface area (Å²) in [5, 5.41) is 3.90. The van der Waals surface area contributed by atoms with E-state index < -0.39 is 0 Å². The van der Waals surface area contributed by atoms with Gasteiger partial charge in [0.2, 0.25) is 0 Å². The van der Waals surface area contributed by atoms with Gasteiger partial charge in [0.1, 0.15) is 0 Å². The summed E-state index contributed by atoms with van der Waals surface area (Å²) in [5.41, 5.74) is 8.22. The Balaban J connectivity index is 2.68. The molecule has 1 N–H and O–H groups in total. The molecule has 1 nitrogen and oxygen atoms in total. The van der Waals surface area contributed by atoms with E-state index in [9.17, 15) is 0 Å². The van der Waals surface area contributed by atoms with E-state index in [4.69, 9.17) is 0 Å². The van der Waals surface area contributed by atoms with Crippen LogP contribution in [0.15, 0.2) is 36.4 Å². The van der Waals surface area contributed by atoms with Crippen molar-refractivity contribution in [3.63, 3.8) is 0 Å². The molecule has 0 saturated carbocycles. The fraction of sp³-hybridized carbons (Fsp3) is 0.500. The molecule has 0 aliphatic rings. The first kappa shape index (κ1) is 19.6. The molecule has 25 heavy (non-hydrogen) atoms. The third-order valence-electron chi connectivity index (χ3n) is 5.00. The summed E-state index contributed by atoms with van der Waals surface area (Å²) < 4.78 is 0. The fourth-order valence-corrected chi connectivity index (χ4v) is 3.52. The normalized spacial score (nSPS) is 11.8. The van der Waals surface area contributed by atoms with Crippen LogP contribution in [0.25, 0.3) is 0 Å². The number of anilines is 2. The third-order valence-corrected chi connectivity index (χ3v) is 5.00. The molecule has 1 heteroatoms. The van der Waals surface area contributed by atoms with Crippen LogP contribution in [-0.2, 0) is 0 Å². The van der Waals surface area contributed by atoms with Crippen molar-refractivity contribution in [3.05, 3.63) is 58.7 Å². The minimum Gasteiger partial charge on any atom is -0.355 e. The Bertz CT molecular complexity index is 594. The van der Waals surface area contributed by atoms with Crippen molar-refractivity contribution < 1.29 is 0 Å². The number of hydrogen-bond acceptors (Lipinski definition) is 1. The number of para-hydroxylation sites is 2. The molecule has 0 aliphatic heterocycles. The van der Waals surface area contributed by atoms with Crippen molar-refractivity contribution in [2.24, 2.45) is 0 Å². The summed E-state index contributed by atoms with van der Waals surface area (Å²) in [6.07, 6.45) is 0. The average molecular weight is 338 g/mol. The zero-order chi connectivity index (χ0) is 18.7. The van der Waals surface area contributed by atoms with Gasteiger partial charge in [-0.1, -0.05) is 91.8 Å². The van der Waals surface area contributed by atoms with Crippen LogP contribution in [0.2, 0.25) is 0 Å². The molecule has 0 unspecified atom stereocenters. The summed E-state index contributed by atoms with van der Waals surface area (Å²) in [6, 6.07) is 13.5. The highest BCUT2D eigenvalue weighted by atomic mass is 14.9. The molecule has 0 aliphatic carbocycles. The van der Waals surface area contributed by atoms with Crippen LogP contribution >= 0.6 is 0 Å². The van der Waals surface area contributed by atoms with Gasteiger partial charge in [0.15, 0.2) is 0 Å². The standard InChI is InChI=1S/C24H35N/c1-15(2)19-11-9-12-20(16(3)4)23(19)25-24-21(17(5)6)13-10-14-22(24)18(7)8/h9-18,25H,1-8H3. The van der Waals surface area contributed by atoms with E-state index in [1.807, 2.05) is 0 Å². The van der Waals surface area contributed by atoms with Crippen molar-refractivity contribution in [2.45, 2.75) is 79.1 Å². The molecule has 0 saturated heterocycles. The number of hydrogen-bond donors (Lipinski definition) is 1. The smallest absolute Gasteiger partial charge is 0.0454 e. The summed E-state index contributed by atoms with van der Waals surface area (Å²) in [5.74, 6) is 1.98. The number of benzene rings is 2. The Morgan fingerprint density at radius 3 is 0.920 bits per heavy atom. The lowest BCUT2D eigenvalue weighted by Gasteiger charge is -2.26. The molecule has 0 aromatic heterocycles. The number of rotatable bonds is 6. The van der Waals surface area contributed by atoms with Gasteiger partial charge in [0.05, 0.1) is 0 Å². The van der Waals surface area contributed by atoms with Gasteiger partial charge >= 0.3 is 0 Å². The highest BCUT2D eigenvalue weighted by Gasteiger charge is 2.18. The zero-order valence-corrected chi connectivity index (χ0v) is 17.3. The van der Waals surface area contributed by atoms with Crippen LogP contribution in [0.3, 0.4) is 0 Å². The van der Waals surface area contributed by atoms with E-state index in [0.717, 1.165) is 0 Å². The molecular weight excluding hydrogens is 302 g/mol. The van der Waals surface area contributed by atoms with Crippen molar-refractivity contribution in [3.8, 4) is 0 Å². The Morgan fingerprint density at radius 2 is 0.720 bits per heavy atom. The SMILES string of the molecule is CC(C)c1cccc(C(C)C)c1Nc1c(C(C)C)cccc1C(C)C. The topological polar surface area (TPSA) is 12.0 Å². The quantitative estimate of drug-likeness (QED) is 0.564. The molecule has 0 radical (unpaired) electrons. The first-order chi connectivity index (χ1) is 11.7. The highest BCUT2D eigenvalue weighted by Crippen LogP contribution is 2.39. The maximum atomic E-state index is 3.90. The second-order valence-corrected chi connectivity index (χ2v) is 8.37. The molecular formula is C24H35N. The predicted molar refractivity (Wildman–Crippen MR) is 113 cm³/mol. The van der Waals surface area contributed by atoms with Gasteiger partial charge in [-0.2, -0.15) is 0 Å². The second-order valence-electron chi connectivity index (χ2n) is 8.37. The Morgan fingerprint density at radius 1 is 0.480 bits per heavy atom. The van der Waals surface area contributed by atoms with E-state index >= 15 is 0 Å². The molecule has 136 valence electrons. The summed E-state index contributed by atoms with van der Waals surface area (Å²) >= 11 is 0. The van der Waals surface area contributed by atoms with Gasteiger partial charge in [-0.3, -0.25) is 0 Å². The van der Waals surface area contributed by atoms with Gasteiger partial charge in [0.25, 0.3) is 0 Å². The Kier molecular flexibility index (Phi) is 6.32. The van der Waals surface area contributed by atoms with Crippen molar-refractivity contribution in [2.75, 3.05) is 5.32 Å². The highest BCUT2D eigenvalue weighted by molar-refractivity contribution is 5.73. The van der Waals surface area contributed by atoms with Crippen molar-refractivity contribution in [1.82, 2.24) is 0 Å². The third kappa shape index (κ3) is 4.26. The Labute approximate surface area is 154 Å². The maximum absolute atomic E-state index is 3.90. The second kappa shape index (κ2) is 8.08. The lowest BCUT2D eigenvalue weighted by atomic mass is 9.89. The molecule has 0 heterocycles. The van der Waals surface area contributed by atoms with E-state index in [2.05, 4.69) is 97.1 Å². The minimum absolute atomic E-state index is 0.495. The number of nitrogens with one attached hydrogen (secondary N) is 1. The molecule has 0 fully saturated rings. The molecule has 0 bridgehead atoms. The molecule has 0 spiro atoms. The van der Waals surface area contributed by atoms with Crippen LogP contribution in [0.4, 0.5) is 11.4 Å². The van der Waals surface area contributed by atoms with Gasteiger partial charge in [-0.15, -0.1) is 0 Å². The van der Waals surface area contributed by atoms with E-state index in [1.165, 1.54) is 33.6 Å². The van der Waals surface area contributed by atoms with Crippen molar-refractivity contribution in [1.29, 1.82) is 0 Å². The molecule has 2 aromatic carbocycles. The first-order valence-electron chi connectivity index (χ1n) is 9.76. The lowest BCUT2D eigenvalue weighted by Crippen LogP contribution is -2.08. The molecule has 2 rings (SSSR count). The van der Waals surface area contributed by atoms with Crippen LogP contribution in [0.1, 0.15) is 101 Å². The molecule has 0 amide bonds. The van der Waals surface area contributed by atoms with E-state index in [1.54, 1.807) is 0 Å². The molecule has 0 atom stereocenters. The Hall–Kier alpha value is -1.76. The monoisotopic (exact) mass is 337 g/mol. The minimum atomic E-state index is 0.495. The van der Waals surface area contributed by atoms with Gasteiger partial charge < -0.3 is 5.32 Å². The molecule has 2 aromatic rings.